The molecule has 1 amide bonds. The van der Waals surface area contributed by atoms with Gasteiger partial charge in [0.05, 0.1) is 5.69 Å². The van der Waals surface area contributed by atoms with Gasteiger partial charge in [0.1, 0.15) is 0 Å². The standard InChI is InChI=1S/C24H25ClN2O3S/c1-2-27-21-14-13-19(25)15-20(21)22(18-11-7-4-8-12-18)23(31(27,29)30)24(28)26-16-17-9-5-3-6-10-17/h4,7-9,11-15H,2-3,5-6,10,16H2,1H3,(H,26,28). The highest BCUT2D eigenvalue weighted by Crippen LogP contribution is 2.43. The van der Waals surface area contributed by atoms with Gasteiger partial charge < -0.3 is 5.32 Å². The zero-order valence-electron chi connectivity index (χ0n) is 17.4. The van der Waals surface area contributed by atoms with Crippen LogP contribution in [0, 0.1) is 0 Å². The molecule has 0 spiro atoms. The highest BCUT2D eigenvalue weighted by molar-refractivity contribution is 7.97. The van der Waals surface area contributed by atoms with Crippen LogP contribution >= 0.6 is 11.6 Å². The SMILES string of the molecule is CCN1c2ccc(Cl)cc2C(c2ccccc2)=C(C(=O)NCC2=CCCCC2)S1(=O)=O. The third-order valence-electron chi connectivity index (χ3n) is 5.69. The number of amides is 1. The van der Waals surface area contributed by atoms with Gasteiger partial charge >= 0.3 is 0 Å². The zero-order valence-corrected chi connectivity index (χ0v) is 19.0. The van der Waals surface area contributed by atoms with E-state index in [2.05, 4.69) is 11.4 Å². The third-order valence-corrected chi connectivity index (χ3v) is 7.86. The lowest BCUT2D eigenvalue weighted by Crippen LogP contribution is -2.41. The Morgan fingerprint density at radius 3 is 2.58 bits per heavy atom. The molecule has 2 aromatic carbocycles. The molecule has 7 heteroatoms. The molecule has 2 aromatic rings. The predicted octanol–water partition coefficient (Wildman–Crippen LogP) is 4.89. The lowest BCUT2D eigenvalue weighted by molar-refractivity contribution is -0.116. The predicted molar refractivity (Wildman–Crippen MR) is 125 cm³/mol. The summed E-state index contributed by atoms with van der Waals surface area (Å²) in [6, 6.07) is 14.2. The summed E-state index contributed by atoms with van der Waals surface area (Å²) in [5.41, 5.74) is 3.35. The van der Waals surface area contributed by atoms with Crippen LogP contribution in [0.5, 0.6) is 0 Å². The van der Waals surface area contributed by atoms with Crippen molar-refractivity contribution >= 4 is 38.8 Å². The highest BCUT2D eigenvalue weighted by atomic mass is 35.5. The van der Waals surface area contributed by atoms with Crippen molar-refractivity contribution in [3.8, 4) is 0 Å². The molecule has 162 valence electrons. The summed E-state index contributed by atoms with van der Waals surface area (Å²) in [7, 11) is -4.05. The van der Waals surface area contributed by atoms with Crippen molar-refractivity contribution in [2.24, 2.45) is 0 Å². The molecular formula is C24H25ClN2O3S. The number of carbonyl (C=O) groups is 1. The van der Waals surface area contributed by atoms with Crippen LogP contribution in [0.2, 0.25) is 5.02 Å². The highest BCUT2D eigenvalue weighted by Gasteiger charge is 2.40. The molecule has 4 rings (SSSR count). The van der Waals surface area contributed by atoms with Gasteiger partial charge in [0.25, 0.3) is 15.9 Å². The Morgan fingerprint density at radius 1 is 1.13 bits per heavy atom. The van der Waals surface area contributed by atoms with Crippen LogP contribution in [0.15, 0.2) is 65.1 Å². The van der Waals surface area contributed by atoms with Crippen molar-refractivity contribution < 1.29 is 13.2 Å². The Balaban J connectivity index is 1.89. The van der Waals surface area contributed by atoms with Crippen LogP contribution in [0.25, 0.3) is 5.57 Å². The summed E-state index contributed by atoms with van der Waals surface area (Å²) in [5.74, 6) is -0.589. The second-order valence-electron chi connectivity index (χ2n) is 7.69. The maximum absolute atomic E-state index is 13.6. The molecule has 0 radical (unpaired) electrons. The molecule has 31 heavy (non-hydrogen) atoms. The molecule has 0 aromatic heterocycles. The van der Waals surface area contributed by atoms with E-state index in [4.69, 9.17) is 11.6 Å². The minimum absolute atomic E-state index is 0.209. The Morgan fingerprint density at radius 2 is 1.90 bits per heavy atom. The summed E-state index contributed by atoms with van der Waals surface area (Å²) in [6.07, 6.45) is 6.30. The van der Waals surface area contributed by atoms with Gasteiger partial charge in [0, 0.05) is 29.2 Å². The zero-order chi connectivity index (χ0) is 22.0. The van der Waals surface area contributed by atoms with Crippen molar-refractivity contribution in [1.29, 1.82) is 0 Å². The molecule has 0 atom stereocenters. The Hall–Kier alpha value is -2.57. The topological polar surface area (TPSA) is 66.5 Å². The molecule has 0 unspecified atom stereocenters. The average molecular weight is 457 g/mol. The van der Waals surface area contributed by atoms with E-state index in [9.17, 15) is 13.2 Å². The first-order chi connectivity index (χ1) is 14.9. The van der Waals surface area contributed by atoms with Crippen LogP contribution in [0.4, 0.5) is 5.69 Å². The molecule has 1 heterocycles. The fraction of sp³-hybridized carbons (Fsp3) is 0.292. The smallest absolute Gasteiger partial charge is 0.270 e. The first-order valence-electron chi connectivity index (χ1n) is 10.5. The minimum atomic E-state index is -4.05. The normalized spacial score (nSPS) is 17.7. The van der Waals surface area contributed by atoms with Gasteiger partial charge in [-0.3, -0.25) is 9.10 Å². The van der Waals surface area contributed by atoms with Crippen molar-refractivity contribution in [3.05, 3.63) is 81.2 Å². The molecule has 0 saturated heterocycles. The maximum atomic E-state index is 13.6. The van der Waals surface area contributed by atoms with Crippen LogP contribution in [-0.2, 0) is 14.8 Å². The van der Waals surface area contributed by atoms with Gasteiger partial charge in [-0.15, -0.1) is 0 Å². The van der Waals surface area contributed by atoms with Crippen molar-refractivity contribution in [1.82, 2.24) is 5.32 Å². The van der Waals surface area contributed by atoms with Gasteiger partial charge in [0.2, 0.25) is 0 Å². The number of nitrogens with zero attached hydrogens (tertiary/aromatic N) is 1. The number of hydrogen-bond donors (Lipinski definition) is 1. The van der Waals surface area contributed by atoms with E-state index in [0.717, 1.165) is 31.3 Å². The summed E-state index contributed by atoms with van der Waals surface area (Å²) in [5, 5.41) is 3.34. The van der Waals surface area contributed by atoms with Crippen LogP contribution in [0.1, 0.15) is 43.7 Å². The first kappa shape index (κ1) is 21.7. The number of fused-ring (bicyclic) bond motifs is 1. The average Bonchev–Trinajstić information content (AvgIpc) is 2.78. The number of benzene rings is 2. The van der Waals surface area contributed by atoms with Gasteiger partial charge in [-0.1, -0.05) is 53.6 Å². The quantitative estimate of drug-likeness (QED) is 0.651. The van der Waals surface area contributed by atoms with E-state index in [0.29, 0.717) is 34.0 Å². The third kappa shape index (κ3) is 4.14. The summed E-state index contributed by atoms with van der Waals surface area (Å²) in [6.45, 7) is 2.32. The maximum Gasteiger partial charge on any atom is 0.270 e. The number of rotatable bonds is 5. The lowest BCUT2D eigenvalue weighted by Gasteiger charge is -2.33. The number of carbonyl (C=O) groups excluding carboxylic acids is 1. The number of allylic oxidation sites excluding steroid dienone is 1. The van der Waals surface area contributed by atoms with Crippen LogP contribution < -0.4 is 9.62 Å². The number of hydrogen-bond acceptors (Lipinski definition) is 3. The lowest BCUT2D eigenvalue weighted by atomic mass is 9.95. The van der Waals surface area contributed by atoms with Crippen LogP contribution in [-0.4, -0.2) is 27.4 Å². The van der Waals surface area contributed by atoms with E-state index in [1.165, 1.54) is 4.31 Å². The van der Waals surface area contributed by atoms with Crippen molar-refractivity contribution in [3.63, 3.8) is 0 Å². The van der Waals surface area contributed by atoms with Crippen molar-refractivity contribution in [2.75, 3.05) is 17.4 Å². The summed E-state index contributed by atoms with van der Waals surface area (Å²) >= 11 is 6.28. The molecule has 2 aliphatic rings. The van der Waals surface area contributed by atoms with Gasteiger partial charge in [-0.2, -0.15) is 0 Å². The second-order valence-corrected chi connectivity index (χ2v) is 9.93. The molecule has 5 nitrogen and oxygen atoms in total. The largest absolute Gasteiger partial charge is 0.348 e. The van der Waals surface area contributed by atoms with Gasteiger partial charge in [0.15, 0.2) is 4.91 Å². The fourth-order valence-electron chi connectivity index (χ4n) is 4.22. The number of sulfonamides is 1. The molecule has 1 aliphatic heterocycles. The molecule has 1 N–H and O–H groups in total. The van der Waals surface area contributed by atoms with Gasteiger partial charge in [-0.25, -0.2) is 8.42 Å². The first-order valence-corrected chi connectivity index (χ1v) is 12.3. The van der Waals surface area contributed by atoms with E-state index >= 15 is 0 Å². The summed E-state index contributed by atoms with van der Waals surface area (Å²) < 4.78 is 28.5. The fourth-order valence-corrected chi connectivity index (χ4v) is 6.16. The molecule has 0 fully saturated rings. The number of halogens is 1. The van der Waals surface area contributed by atoms with E-state index in [1.54, 1.807) is 25.1 Å². The molecule has 0 bridgehead atoms. The number of anilines is 1. The Kier molecular flexibility index (Phi) is 6.21. The molecular weight excluding hydrogens is 432 g/mol. The second kappa shape index (κ2) is 8.89. The van der Waals surface area contributed by atoms with Gasteiger partial charge in [-0.05, 0) is 56.4 Å². The molecule has 1 aliphatic carbocycles. The van der Waals surface area contributed by atoms with E-state index < -0.39 is 15.9 Å². The summed E-state index contributed by atoms with van der Waals surface area (Å²) in [4.78, 5) is 13.1. The molecule has 0 saturated carbocycles. The van der Waals surface area contributed by atoms with E-state index in [1.807, 2.05) is 30.3 Å². The minimum Gasteiger partial charge on any atom is -0.348 e. The van der Waals surface area contributed by atoms with E-state index in [-0.39, 0.29) is 11.4 Å². The number of nitrogens with one attached hydrogen (secondary N) is 1. The Labute approximate surface area is 188 Å². The van der Waals surface area contributed by atoms with Crippen molar-refractivity contribution in [2.45, 2.75) is 32.6 Å². The monoisotopic (exact) mass is 456 g/mol. The van der Waals surface area contributed by atoms with Crippen LogP contribution in [0.3, 0.4) is 0 Å². The Bertz CT molecular complexity index is 1170.